The smallest absolute Gasteiger partial charge is 0.335 e. The Morgan fingerprint density at radius 1 is 1.43 bits per heavy atom. The molecule has 14 heavy (non-hydrogen) atoms. The summed E-state index contributed by atoms with van der Waals surface area (Å²) in [6.45, 7) is 0. The number of carboxylic acids is 1. The number of carbonyl (C=O) groups is 1. The van der Waals surface area contributed by atoms with E-state index in [1.54, 1.807) is 23.7 Å². The summed E-state index contributed by atoms with van der Waals surface area (Å²) >= 11 is 0. The van der Waals surface area contributed by atoms with E-state index in [0.29, 0.717) is 5.56 Å². The lowest BCUT2D eigenvalue weighted by molar-refractivity contribution is 0.0696. The van der Waals surface area contributed by atoms with Crippen LogP contribution in [0.25, 0.3) is 0 Å². The Kier molecular flexibility index (Phi) is 3.19. The lowest BCUT2D eigenvalue weighted by Crippen LogP contribution is -2.21. The van der Waals surface area contributed by atoms with Crippen molar-refractivity contribution in [1.29, 1.82) is 5.41 Å². The van der Waals surface area contributed by atoms with Gasteiger partial charge in [-0.3, -0.25) is 16.1 Å². The second kappa shape index (κ2) is 4.38. The van der Waals surface area contributed by atoms with Gasteiger partial charge in [0.1, 0.15) is 5.84 Å². The van der Waals surface area contributed by atoms with Crippen LogP contribution in [0.2, 0.25) is 0 Å². The standard InChI is InChI=1S/C9H10N2O3/c10-8(11-14)5-6-3-1-2-4-7(6)9(12)13/h1-4,14H,5H2,(H2,10,11)(H,12,13). The van der Waals surface area contributed by atoms with Gasteiger partial charge in [0, 0.05) is 6.42 Å². The molecule has 4 N–H and O–H groups in total. The molecular weight excluding hydrogens is 184 g/mol. The second-order valence-corrected chi connectivity index (χ2v) is 2.73. The number of hydroxylamine groups is 1. The highest BCUT2D eigenvalue weighted by molar-refractivity contribution is 5.91. The van der Waals surface area contributed by atoms with Crippen molar-refractivity contribution in [3.05, 3.63) is 35.4 Å². The SMILES string of the molecule is N=C(Cc1ccccc1C(=O)O)NO. The number of rotatable bonds is 3. The van der Waals surface area contributed by atoms with Crippen molar-refractivity contribution in [2.75, 3.05) is 0 Å². The summed E-state index contributed by atoms with van der Waals surface area (Å²) in [5, 5.41) is 24.4. The molecule has 0 heterocycles. The van der Waals surface area contributed by atoms with Crippen LogP contribution in [0.15, 0.2) is 24.3 Å². The molecule has 0 spiro atoms. The van der Waals surface area contributed by atoms with Gasteiger partial charge < -0.3 is 5.11 Å². The Morgan fingerprint density at radius 2 is 2.07 bits per heavy atom. The molecule has 5 nitrogen and oxygen atoms in total. The minimum absolute atomic E-state index is 0.0684. The van der Waals surface area contributed by atoms with Gasteiger partial charge in [0.15, 0.2) is 0 Å². The number of aromatic carboxylic acids is 1. The van der Waals surface area contributed by atoms with E-state index in [0.717, 1.165) is 0 Å². The molecule has 0 bridgehead atoms. The maximum Gasteiger partial charge on any atom is 0.335 e. The maximum absolute atomic E-state index is 10.7. The van der Waals surface area contributed by atoms with Crippen LogP contribution in [0.3, 0.4) is 0 Å². The molecule has 0 fully saturated rings. The highest BCUT2D eigenvalue weighted by Crippen LogP contribution is 2.09. The first-order valence-electron chi connectivity index (χ1n) is 3.94. The van der Waals surface area contributed by atoms with E-state index < -0.39 is 5.97 Å². The first-order chi connectivity index (χ1) is 6.65. The van der Waals surface area contributed by atoms with Crippen LogP contribution in [0.4, 0.5) is 0 Å². The lowest BCUT2D eigenvalue weighted by Gasteiger charge is -2.05. The molecular formula is C9H10N2O3. The largest absolute Gasteiger partial charge is 0.478 e. The van der Waals surface area contributed by atoms with Crippen molar-refractivity contribution in [2.45, 2.75) is 6.42 Å². The van der Waals surface area contributed by atoms with Crippen molar-refractivity contribution < 1.29 is 15.1 Å². The molecule has 0 radical (unpaired) electrons. The Bertz CT molecular complexity index is 363. The predicted octanol–water partition coefficient (Wildman–Crippen LogP) is 0.883. The zero-order valence-corrected chi connectivity index (χ0v) is 7.32. The van der Waals surface area contributed by atoms with E-state index >= 15 is 0 Å². The second-order valence-electron chi connectivity index (χ2n) is 2.73. The number of carboxylic acid groups (broad SMARTS) is 1. The molecule has 0 amide bonds. The van der Waals surface area contributed by atoms with Gasteiger partial charge in [0.05, 0.1) is 5.56 Å². The molecule has 74 valence electrons. The van der Waals surface area contributed by atoms with Crippen molar-refractivity contribution in [2.24, 2.45) is 0 Å². The molecule has 1 aromatic rings. The molecule has 0 atom stereocenters. The summed E-state index contributed by atoms with van der Waals surface area (Å²) < 4.78 is 0. The zero-order chi connectivity index (χ0) is 10.6. The highest BCUT2D eigenvalue weighted by atomic mass is 16.5. The summed E-state index contributed by atoms with van der Waals surface area (Å²) in [5.41, 5.74) is 2.31. The Labute approximate surface area is 80.5 Å². The van der Waals surface area contributed by atoms with Crippen LogP contribution >= 0.6 is 0 Å². The van der Waals surface area contributed by atoms with Crippen molar-refractivity contribution in [1.82, 2.24) is 5.48 Å². The van der Waals surface area contributed by atoms with Gasteiger partial charge in [-0.1, -0.05) is 18.2 Å². The minimum atomic E-state index is -1.04. The van der Waals surface area contributed by atoms with Crippen LogP contribution in [-0.4, -0.2) is 22.1 Å². The van der Waals surface area contributed by atoms with Crippen molar-refractivity contribution in [3.8, 4) is 0 Å². The highest BCUT2D eigenvalue weighted by Gasteiger charge is 2.09. The predicted molar refractivity (Wildman–Crippen MR) is 49.8 cm³/mol. The summed E-state index contributed by atoms with van der Waals surface area (Å²) in [7, 11) is 0. The summed E-state index contributed by atoms with van der Waals surface area (Å²) in [6, 6.07) is 6.37. The first-order valence-corrected chi connectivity index (χ1v) is 3.94. The van der Waals surface area contributed by atoms with Gasteiger partial charge in [-0.2, -0.15) is 0 Å². The number of nitrogens with one attached hydrogen (secondary N) is 2. The molecule has 0 aliphatic heterocycles. The average Bonchev–Trinajstić information content (AvgIpc) is 2.18. The third-order valence-corrected chi connectivity index (χ3v) is 1.75. The monoisotopic (exact) mass is 194 g/mol. The first kappa shape index (κ1) is 10.2. The van der Waals surface area contributed by atoms with Crippen LogP contribution < -0.4 is 5.48 Å². The fourth-order valence-corrected chi connectivity index (χ4v) is 1.11. The molecule has 0 aliphatic rings. The third-order valence-electron chi connectivity index (χ3n) is 1.75. The van der Waals surface area contributed by atoms with Crippen molar-refractivity contribution >= 4 is 11.8 Å². The van der Waals surface area contributed by atoms with Crippen LogP contribution in [0.5, 0.6) is 0 Å². The molecule has 0 unspecified atom stereocenters. The molecule has 0 saturated heterocycles. The molecule has 1 aromatic carbocycles. The van der Waals surface area contributed by atoms with Gasteiger partial charge in [0.25, 0.3) is 0 Å². The molecule has 0 aliphatic carbocycles. The normalized spacial score (nSPS) is 9.50. The molecule has 5 heteroatoms. The molecule has 0 saturated carbocycles. The Morgan fingerprint density at radius 3 is 2.64 bits per heavy atom. The lowest BCUT2D eigenvalue weighted by atomic mass is 10.0. The fourth-order valence-electron chi connectivity index (χ4n) is 1.11. The van der Waals surface area contributed by atoms with Gasteiger partial charge >= 0.3 is 5.97 Å². The Hall–Kier alpha value is -1.88. The quantitative estimate of drug-likeness (QED) is 0.326. The summed E-state index contributed by atoms with van der Waals surface area (Å²) in [5.74, 6) is -1.18. The van der Waals surface area contributed by atoms with E-state index in [2.05, 4.69) is 0 Å². The van der Waals surface area contributed by atoms with Gasteiger partial charge in [-0.15, -0.1) is 0 Å². The van der Waals surface area contributed by atoms with E-state index in [1.165, 1.54) is 6.07 Å². The maximum atomic E-state index is 10.7. The molecule has 1 rings (SSSR count). The topological polar surface area (TPSA) is 93.4 Å². The van der Waals surface area contributed by atoms with E-state index in [4.69, 9.17) is 15.7 Å². The number of hydrogen-bond donors (Lipinski definition) is 4. The minimum Gasteiger partial charge on any atom is -0.478 e. The van der Waals surface area contributed by atoms with Gasteiger partial charge in [0.2, 0.25) is 0 Å². The number of hydrogen-bond acceptors (Lipinski definition) is 3. The van der Waals surface area contributed by atoms with E-state index in [9.17, 15) is 4.79 Å². The summed E-state index contributed by atoms with van der Waals surface area (Å²) in [4.78, 5) is 10.7. The van der Waals surface area contributed by atoms with Gasteiger partial charge in [-0.05, 0) is 11.6 Å². The van der Waals surface area contributed by atoms with Crippen molar-refractivity contribution in [3.63, 3.8) is 0 Å². The fraction of sp³-hybridized carbons (Fsp3) is 0.111. The van der Waals surface area contributed by atoms with E-state index in [1.807, 2.05) is 0 Å². The average molecular weight is 194 g/mol. The zero-order valence-electron chi connectivity index (χ0n) is 7.32. The summed E-state index contributed by atoms with van der Waals surface area (Å²) in [6.07, 6.45) is 0.0684. The Balaban J connectivity index is 2.95. The molecule has 0 aromatic heterocycles. The van der Waals surface area contributed by atoms with Crippen LogP contribution in [0, 0.1) is 5.41 Å². The van der Waals surface area contributed by atoms with Gasteiger partial charge in [-0.25, -0.2) is 4.79 Å². The number of benzene rings is 1. The van der Waals surface area contributed by atoms with E-state index in [-0.39, 0.29) is 17.8 Å². The van der Waals surface area contributed by atoms with Crippen LogP contribution in [0.1, 0.15) is 15.9 Å². The number of amidine groups is 1. The van der Waals surface area contributed by atoms with Crippen LogP contribution in [-0.2, 0) is 6.42 Å². The third kappa shape index (κ3) is 2.30.